The highest BCUT2D eigenvalue weighted by molar-refractivity contribution is 14.1. The number of benzene rings is 2. The zero-order valence-electron chi connectivity index (χ0n) is 24.2. The lowest BCUT2D eigenvalue weighted by Crippen LogP contribution is -2.59. The number of methoxy groups -OCH3 is 1. The number of halogens is 3. The summed E-state index contributed by atoms with van der Waals surface area (Å²) in [6.45, 7) is 3.91. The maximum absolute atomic E-state index is 15.3. The molecule has 1 aromatic heterocycles. The molecule has 4 atom stereocenters. The van der Waals surface area contributed by atoms with Crippen LogP contribution in [0.1, 0.15) is 12.1 Å². The molecule has 0 bridgehead atoms. The molecule has 2 heterocycles. The number of likely N-dealkylation sites (tertiary alicyclic amines) is 1. The molecule has 7 nitrogen and oxygen atoms in total. The first-order valence-electron chi connectivity index (χ1n) is 13.5. The number of hydrogen-bond acceptors (Lipinski definition) is 6. The highest BCUT2D eigenvalue weighted by Crippen LogP contribution is 2.39. The van der Waals surface area contributed by atoms with Gasteiger partial charge < -0.3 is 27.4 Å². The Labute approximate surface area is 273 Å². The van der Waals surface area contributed by atoms with Crippen molar-refractivity contribution in [3.63, 3.8) is 0 Å². The molecule has 1 saturated heterocycles. The van der Waals surface area contributed by atoms with Gasteiger partial charge in [0, 0.05) is 29.3 Å². The van der Waals surface area contributed by atoms with Crippen LogP contribution in [0.2, 0.25) is 0 Å². The first-order chi connectivity index (χ1) is 20.0. The third kappa shape index (κ3) is 8.48. The minimum absolute atomic E-state index is 0.00700. The minimum atomic E-state index is -2.44. The molecule has 4 rings (SSSR count). The van der Waals surface area contributed by atoms with Gasteiger partial charge in [-0.15, -0.1) is 0 Å². The Hall–Kier alpha value is -1.33. The predicted molar refractivity (Wildman–Crippen MR) is 190 cm³/mol. The average Bonchev–Trinajstić information content (AvgIpc) is 3.25. The number of ether oxygens (including phenoxy) is 1. The van der Waals surface area contributed by atoms with Crippen LogP contribution in [0.4, 0.5) is 20.2 Å². The standard InChI is InChI=1S/C28H34B2F2IN4O3P3/c1-40-26-15-19(43(2,3)39)9-10-22(26)34-12-5-6-18-14-20-23(36(18)17-27(32,41)42)7-4-8-24(20)37(33)25-11-13-35(16-21(25)31)28(29,30)38/h4,7-10,14-15,21,25,34,38H,11-13,16-17,41-42H2,1-3H3/t21-,25-/m1/s1. The quantitative estimate of drug-likeness (QED) is 0.112. The molecule has 3 aromatic rings. The third-order valence-corrected chi connectivity index (χ3v) is 10.4. The van der Waals surface area contributed by atoms with Gasteiger partial charge in [0.15, 0.2) is 5.15 Å². The molecule has 4 radical (unpaired) electrons. The summed E-state index contributed by atoms with van der Waals surface area (Å²) in [5.41, 5.74) is 0.758. The van der Waals surface area contributed by atoms with Crippen molar-refractivity contribution in [2.75, 3.05) is 48.5 Å². The maximum atomic E-state index is 15.3. The summed E-state index contributed by atoms with van der Waals surface area (Å²) >= 11 is 2.10. The summed E-state index contributed by atoms with van der Waals surface area (Å²) in [4.78, 5) is 1.31. The molecule has 0 spiro atoms. The highest BCUT2D eigenvalue weighted by atomic mass is 127. The van der Waals surface area contributed by atoms with Crippen molar-refractivity contribution in [2.45, 2.75) is 35.9 Å². The average molecular weight is 754 g/mol. The fraction of sp³-hybridized carbons (Fsp3) is 0.429. The van der Waals surface area contributed by atoms with E-state index in [1.165, 1.54) is 4.90 Å². The molecule has 0 saturated carbocycles. The van der Waals surface area contributed by atoms with E-state index in [2.05, 4.69) is 58.5 Å². The lowest BCUT2D eigenvalue weighted by molar-refractivity contribution is -0.00956. The Morgan fingerprint density at radius 1 is 1.28 bits per heavy atom. The van der Waals surface area contributed by atoms with Crippen molar-refractivity contribution in [1.82, 2.24) is 9.47 Å². The molecular formula is C28H34B2F2IN4O3P3. The number of fused-ring (bicyclic) bond motifs is 1. The SMILES string of the molecule is [B]C([B])(O)N1CC[C@@H](N(I)c2cccc3c2cc(C#CCNc2ccc(P(C)(C)=O)cc2OC)n3CC(F)(P)P)[C@H](F)C1. The van der Waals surface area contributed by atoms with E-state index in [1.807, 2.05) is 44.1 Å². The maximum Gasteiger partial charge on any atom is 0.153 e. The van der Waals surface area contributed by atoms with Crippen LogP contribution in [-0.2, 0) is 11.1 Å². The Morgan fingerprint density at radius 2 is 2.00 bits per heavy atom. The molecule has 1 aliphatic heterocycles. The van der Waals surface area contributed by atoms with E-state index in [1.54, 1.807) is 26.5 Å². The van der Waals surface area contributed by atoms with Gasteiger partial charge in [-0.25, -0.2) is 8.78 Å². The Bertz CT molecular complexity index is 1580. The van der Waals surface area contributed by atoms with Crippen molar-refractivity contribution in [3.8, 4) is 17.6 Å². The highest BCUT2D eigenvalue weighted by Gasteiger charge is 2.37. The van der Waals surface area contributed by atoms with Crippen LogP contribution in [0.15, 0.2) is 42.5 Å². The van der Waals surface area contributed by atoms with Gasteiger partial charge in [-0.05, 0) is 62.1 Å². The largest absolute Gasteiger partial charge is 0.495 e. The number of anilines is 2. The van der Waals surface area contributed by atoms with E-state index in [4.69, 9.17) is 20.4 Å². The molecule has 226 valence electrons. The van der Waals surface area contributed by atoms with Crippen LogP contribution in [0, 0.1) is 11.8 Å². The van der Waals surface area contributed by atoms with E-state index in [0.717, 1.165) is 21.9 Å². The van der Waals surface area contributed by atoms with Gasteiger partial charge in [0.05, 0.1) is 71.7 Å². The van der Waals surface area contributed by atoms with Crippen molar-refractivity contribution in [2.24, 2.45) is 0 Å². The molecule has 2 unspecified atom stereocenters. The molecule has 0 aliphatic carbocycles. The zero-order chi connectivity index (χ0) is 31.7. The smallest absolute Gasteiger partial charge is 0.153 e. The molecule has 0 amide bonds. The number of piperidine rings is 1. The van der Waals surface area contributed by atoms with E-state index >= 15 is 4.39 Å². The van der Waals surface area contributed by atoms with Crippen LogP contribution in [0.3, 0.4) is 0 Å². The number of rotatable bonds is 9. The number of hydrogen-bond donors (Lipinski definition) is 2. The lowest BCUT2D eigenvalue weighted by atomic mass is 9.71. The summed E-state index contributed by atoms with van der Waals surface area (Å²) in [6.07, 6.45) is -0.934. The Morgan fingerprint density at radius 3 is 2.60 bits per heavy atom. The fourth-order valence-corrected chi connectivity index (χ4v) is 7.33. The number of alkyl halides is 2. The zero-order valence-corrected chi connectivity index (χ0v) is 29.6. The van der Waals surface area contributed by atoms with Gasteiger partial charge in [0.25, 0.3) is 0 Å². The molecule has 43 heavy (non-hydrogen) atoms. The van der Waals surface area contributed by atoms with Crippen LogP contribution < -0.4 is 18.5 Å². The van der Waals surface area contributed by atoms with Gasteiger partial charge in [-0.2, -0.15) is 0 Å². The molecule has 1 fully saturated rings. The minimum Gasteiger partial charge on any atom is -0.495 e. The van der Waals surface area contributed by atoms with Crippen molar-refractivity contribution >= 4 is 91.8 Å². The van der Waals surface area contributed by atoms with Gasteiger partial charge in [0.2, 0.25) is 0 Å². The molecule has 2 aromatic carbocycles. The normalized spacial score (nSPS) is 18.3. The van der Waals surface area contributed by atoms with E-state index in [-0.39, 0.29) is 19.6 Å². The van der Waals surface area contributed by atoms with Gasteiger partial charge in [-0.3, -0.25) is 4.90 Å². The molecular weight excluding hydrogens is 720 g/mol. The van der Waals surface area contributed by atoms with E-state index in [9.17, 15) is 14.1 Å². The van der Waals surface area contributed by atoms with Crippen LogP contribution in [-0.4, -0.2) is 93.2 Å². The number of aromatic nitrogens is 1. The lowest BCUT2D eigenvalue weighted by Gasteiger charge is -2.44. The van der Waals surface area contributed by atoms with Crippen molar-refractivity contribution < 1.29 is 23.2 Å². The summed E-state index contributed by atoms with van der Waals surface area (Å²) in [7, 11) is 14.6. The fourth-order valence-electron chi connectivity index (χ4n) is 5.06. The van der Waals surface area contributed by atoms with Crippen LogP contribution in [0.25, 0.3) is 10.9 Å². The van der Waals surface area contributed by atoms with Crippen molar-refractivity contribution in [1.29, 1.82) is 0 Å². The summed E-state index contributed by atoms with van der Waals surface area (Å²) in [6, 6.07) is 12.4. The molecule has 2 N–H and O–H groups in total. The summed E-state index contributed by atoms with van der Waals surface area (Å²) in [5.74, 6) is 6.85. The first kappa shape index (κ1) is 34.5. The van der Waals surface area contributed by atoms with Gasteiger partial charge in [-0.1, -0.05) is 30.5 Å². The number of nitrogens with zero attached hydrogens (tertiary/aromatic N) is 3. The van der Waals surface area contributed by atoms with Crippen LogP contribution in [0.5, 0.6) is 5.75 Å². The number of aliphatic hydroxyl groups is 1. The van der Waals surface area contributed by atoms with Gasteiger partial charge in [0.1, 0.15) is 34.8 Å². The van der Waals surface area contributed by atoms with Gasteiger partial charge >= 0.3 is 0 Å². The monoisotopic (exact) mass is 754 g/mol. The van der Waals surface area contributed by atoms with Crippen LogP contribution >= 0.6 is 48.5 Å². The first-order valence-corrected chi connectivity index (χ1v) is 18.2. The molecule has 15 heteroatoms. The summed E-state index contributed by atoms with van der Waals surface area (Å²) < 4.78 is 51.8. The Balaban J connectivity index is 1.62. The second kappa shape index (κ2) is 13.6. The third-order valence-electron chi connectivity index (χ3n) is 7.25. The second-order valence-electron chi connectivity index (χ2n) is 11.1. The van der Waals surface area contributed by atoms with E-state index < -0.39 is 30.0 Å². The predicted octanol–water partition coefficient (Wildman–Crippen LogP) is 4.24. The van der Waals surface area contributed by atoms with Crippen molar-refractivity contribution in [3.05, 3.63) is 48.2 Å². The molecule has 1 aliphatic rings. The van der Waals surface area contributed by atoms with E-state index in [0.29, 0.717) is 30.1 Å². The number of nitrogens with one attached hydrogen (secondary N) is 1. The topological polar surface area (TPSA) is 70.0 Å². The Kier molecular flexibility index (Phi) is 10.9. The summed E-state index contributed by atoms with van der Waals surface area (Å²) in [5, 5.41) is 13.0. The second-order valence-corrected chi connectivity index (χ2v) is 17.9.